The van der Waals surface area contributed by atoms with E-state index in [0.717, 1.165) is 11.3 Å². The van der Waals surface area contributed by atoms with Crippen LogP contribution in [0.5, 0.6) is 0 Å². The SMILES string of the molecule is Cc1ccccc1N(C)C(=O)c1cc(N)ccc1Cl. The predicted molar refractivity (Wildman–Crippen MR) is 79.8 cm³/mol. The number of aryl methyl sites for hydroxylation is 1. The van der Waals surface area contributed by atoms with Crippen molar-refractivity contribution in [3.63, 3.8) is 0 Å². The molecule has 2 aromatic carbocycles. The van der Waals surface area contributed by atoms with Gasteiger partial charge in [-0.25, -0.2) is 0 Å². The second-order valence-electron chi connectivity index (χ2n) is 4.39. The summed E-state index contributed by atoms with van der Waals surface area (Å²) < 4.78 is 0. The molecule has 19 heavy (non-hydrogen) atoms. The number of carbonyl (C=O) groups excluding carboxylic acids is 1. The molecule has 0 fully saturated rings. The zero-order chi connectivity index (χ0) is 14.0. The van der Waals surface area contributed by atoms with E-state index in [1.54, 1.807) is 30.1 Å². The zero-order valence-electron chi connectivity index (χ0n) is 10.9. The number of nitrogens with two attached hydrogens (primary N) is 1. The number of amides is 1. The minimum atomic E-state index is -0.174. The van der Waals surface area contributed by atoms with Crippen molar-refractivity contribution in [2.24, 2.45) is 0 Å². The summed E-state index contributed by atoms with van der Waals surface area (Å²) in [7, 11) is 1.73. The van der Waals surface area contributed by atoms with Gasteiger partial charge in [0.2, 0.25) is 0 Å². The van der Waals surface area contributed by atoms with Crippen molar-refractivity contribution >= 4 is 28.9 Å². The Morgan fingerprint density at radius 2 is 1.89 bits per heavy atom. The Bertz CT molecular complexity index is 625. The van der Waals surface area contributed by atoms with Crippen molar-refractivity contribution in [1.82, 2.24) is 0 Å². The molecule has 0 saturated heterocycles. The van der Waals surface area contributed by atoms with E-state index >= 15 is 0 Å². The number of hydrogen-bond donors (Lipinski definition) is 1. The normalized spacial score (nSPS) is 10.3. The Morgan fingerprint density at radius 3 is 2.58 bits per heavy atom. The van der Waals surface area contributed by atoms with E-state index in [1.165, 1.54) is 0 Å². The molecule has 3 nitrogen and oxygen atoms in total. The highest BCUT2D eigenvalue weighted by atomic mass is 35.5. The maximum absolute atomic E-state index is 12.5. The molecular weight excluding hydrogens is 260 g/mol. The molecule has 2 aromatic rings. The van der Waals surface area contributed by atoms with Crippen molar-refractivity contribution < 1.29 is 4.79 Å². The number of anilines is 2. The van der Waals surface area contributed by atoms with Crippen molar-refractivity contribution in [3.8, 4) is 0 Å². The first-order valence-electron chi connectivity index (χ1n) is 5.89. The fraction of sp³-hybridized carbons (Fsp3) is 0.133. The fourth-order valence-electron chi connectivity index (χ4n) is 1.94. The van der Waals surface area contributed by atoms with Crippen LogP contribution in [0.1, 0.15) is 15.9 Å². The van der Waals surface area contributed by atoms with Gasteiger partial charge in [-0.3, -0.25) is 4.79 Å². The van der Waals surface area contributed by atoms with Crippen LogP contribution in [0.4, 0.5) is 11.4 Å². The fourth-order valence-corrected chi connectivity index (χ4v) is 2.13. The summed E-state index contributed by atoms with van der Waals surface area (Å²) in [5.41, 5.74) is 8.51. The summed E-state index contributed by atoms with van der Waals surface area (Å²) in [6.45, 7) is 1.96. The van der Waals surface area contributed by atoms with Gasteiger partial charge in [-0.2, -0.15) is 0 Å². The van der Waals surface area contributed by atoms with Crippen LogP contribution < -0.4 is 10.6 Å². The third kappa shape index (κ3) is 2.71. The topological polar surface area (TPSA) is 46.3 Å². The van der Waals surface area contributed by atoms with Crippen LogP contribution in [-0.2, 0) is 0 Å². The van der Waals surface area contributed by atoms with E-state index in [1.807, 2.05) is 31.2 Å². The maximum Gasteiger partial charge on any atom is 0.259 e. The molecule has 0 atom stereocenters. The number of rotatable bonds is 2. The number of benzene rings is 2. The Hall–Kier alpha value is -2.00. The number of carbonyl (C=O) groups is 1. The van der Waals surface area contributed by atoms with Crippen LogP contribution in [0.2, 0.25) is 5.02 Å². The van der Waals surface area contributed by atoms with Crippen LogP contribution in [0.3, 0.4) is 0 Å². The van der Waals surface area contributed by atoms with Gasteiger partial charge >= 0.3 is 0 Å². The summed E-state index contributed by atoms with van der Waals surface area (Å²) in [5.74, 6) is -0.174. The standard InChI is InChI=1S/C15H15ClN2O/c1-10-5-3-4-6-14(10)18(2)15(19)12-9-11(17)7-8-13(12)16/h3-9H,17H2,1-2H3. The number of hydrogen-bond acceptors (Lipinski definition) is 2. The molecule has 2 rings (SSSR count). The third-order valence-electron chi connectivity index (χ3n) is 3.00. The first kappa shape index (κ1) is 13.4. The lowest BCUT2D eigenvalue weighted by Crippen LogP contribution is -2.27. The molecule has 98 valence electrons. The van der Waals surface area contributed by atoms with Gasteiger partial charge in [0.1, 0.15) is 0 Å². The van der Waals surface area contributed by atoms with Gasteiger partial charge < -0.3 is 10.6 Å². The molecule has 2 N–H and O–H groups in total. The molecule has 0 aliphatic heterocycles. The van der Waals surface area contributed by atoms with E-state index in [9.17, 15) is 4.79 Å². The van der Waals surface area contributed by atoms with Crippen molar-refractivity contribution in [2.75, 3.05) is 17.7 Å². The molecule has 0 heterocycles. The summed E-state index contributed by atoms with van der Waals surface area (Å²) in [6, 6.07) is 12.6. The molecule has 0 aliphatic rings. The molecule has 0 bridgehead atoms. The summed E-state index contributed by atoms with van der Waals surface area (Å²) in [4.78, 5) is 14.0. The lowest BCUT2D eigenvalue weighted by Gasteiger charge is -2.20. The molecule has 0 radical (unpaired) electrons. The van der Waals surface area contributed by atoms with Gasteiger partial charge in [-0.1, -0.05) is 29.8 Å². The number of halogens is 1. The lowest BCUT2D eigenvalue weighted by atomic mass is 10.1. The zero-order valence-corrected chi connectivity index (χ0v) is 11.6. The van der Waals surface area contributed by atoms with E-state index in [-0.39, 0.29) is 5.91 Å². The number of nitrogen functional groups attached to an aromatic ring is 1. The van der Waals surface area contributed by atoms with Crippen molar-refractivity contribution in [3.05, 3.63) is 58.6 Å². The monoisotopic (exact) mass is 274 g/mol. The van der Waals surface area contributed by atoms with Gasteiger partial charge in [-0.05, 0) is 36.8 Å². The quantitative estimate of drug-likeness (QED) is 0.852. The smallest absolute Gasteiger partial charge is 0.259 e. The second kappa shape index (κ2) is 5.33. The van der Waals surface area contributed by atoms with Crippen LogP contribution in [-0.4, -0.2) is 13.0 Å². The average Bonchev–Trinajstić information content (AvgIpc) is 2.40. The Kier molecular flexibility index (Phi) is 3.76. The highest BCUT2D eigenvalue weighted by molar-refractivity contribution is 6.34. The van der Waals surface area contributed by atoms with E-state index in [4.69, 9.17) is 17.3 Å². The van der Waals surface area contributed by atoms with Crippen LogP contribution in [0.25, 0.3) is 0 Å². The maximum atomic E-state index is 12.5. The van der Waals surface area contributed by atoms with Crippen LogP contribution >= 0.6 is 11.6 Å². The van der Waals surface area contributed by atoms with Gasteiger partial charge in [0.25, 0.3) is 5.91 Å². The molecule has 0 spiro atoms. The minimum Gasteiger partial charge on any atom is -0.399 e. The van der Waals surface area contributed by atoms with Gasteiger partial charge in [0, 0.05) is 18.4 Å². The van der Waals surface area contributed by atoms with E-state index in [0.29, 0.717) is 16.3 Å². The van der Waals surface area contributed by atoms with Crippen LogP contribution in [0.15, 0.2) is 42.5 Å². The molecule has 0 aliphatic carbocycles. The summed E-state index contributed by atoms with van der Waals surface area (Å²) in [6.07, 6.45) is 0. The summed E-state index contributed by atoms with van der Waals surface area (Å²) >= 11 is 6.06. The lowest BCUT2D eigenvalue weighted by molar-refractivity contribution is 0.0993. The second-order valence-corrected chi connectivity index (χ2v) is 4.80. The first-order valence-corrected chi connectivity index (χ1v) is 6.27. The van der Waals surface area contributed by atoms with E-state index in [2.05, 4.69) is 0 Å². The molecule has 4 heteroatoms. The van der Waals surface area contributed by atoms with Gasteiger partial charge in [0.15, 0.2) is 0 Å². The average molecular weight is 275 g/mol. The van der Waals surface area contributed by atoms with E-state index < -0.39 is 0 Å². The first-order chi connectivity index (χ1) is 9.00. The largest absolute Gasteiger partial charge is 0.399 e. The van der Waals surface area contributed by atoms with Crippen molar-refractivity contribution in [2.45, 2.75) is 6.92 Å². The highest BCUT2D eigenvalue weighted by Gasteiger charge is 2.17. The molecular formula is C15H15ClN2O. The predicted octanol–water partition coefficient (Wildman–Crippen LogP) is 3.51. The minimum absolute atomic E-state index is 0.174. The molecule has 0 saturated carbocycles. The number of nitrogens with zero attached hydrogens (tertiary/aromatic N) is 1. The van der Waals surface area contributed by atoms with Gasteiger partial charge in [0.05, 0.1) is 10.6 Å². The van der Waals surface area contributed by atoms with Crippen LogP contribution in [0, 0.1) is 6.92 Å². The molecule has 0 unspecified atom stereocenters. The molecule has 1 amide bonds. The highest BCUT2D eigenvalue weighted by Crippen LogP contribution is 2.24. The Morgan fingerprint density at radius 1 is 1.21 bits per heavy atom. The van der Waals surface area contributed by atoms with Gasteiger partial charge in [-0.15, -0.1) is 0 Å². The number of para-hydroxylation sites is 1. The van der Waals surface area contributed by atoms with Crippen molar-refractivity contribution in [1.29, 1.82) is 0 Å². The molecule has 0 aromatic heterocycles. The third-order valence-corrected chi connectivity index (χ3v) is 3.33. The summed E-state index contributed by atoms with van der Waals surface area (Å²) in [5, 5.41) is 0.402. The Balaban J connectivity index is 2.39. The Labute approximate surface area is 117 Å².